The van der Waals surface area contributed by atoms with Gasteiger partial charge in [0.15, 0.2) is 11.6 Å². The molecule has 2 N–H and O–H groups in total. The van der Waals surface area contributed by atoms with Crippen LogP contribution in [0.25, 0.3) is 28.0 Å². The van der Waals surface area contributed by atoms with Crippen molar-refractivity contribution in [3.05, 3.63) is 66.4 Å². The molecule has 3 heterocycles. The second kappa shape index (κ2) is 10.1. The van der Waals surface area contributed by atoms with Crippen LogP contribution in [-0.4, -0.2) is 38.8 Å². The minimum absolute atomic E-state index is 0.0998. The quantitative estimate of drug-likeness (QED) is 0.392. The summed E-state index contributed by atoms with van der Waals surface area (Å²) in [6.45, 7) is 7.76. The first-order chi connectivity index (χ1) is 16.3. The topological polar surface area (TPSA) is 106 Å². The first-order valence-corrected chi connectivity index (χ1v) is 12.5. The molecule has 9 heteroatoms. The van der Waals surface area contributed by atoms with E-state index in [1.54, 1.807) is 23.1 Å². The molecular weight excluding hydrogens is 448 g/mol. The summed E-state index contributed by atoms with van der Waals surface area (Å²) in [7, 11) is -1.19. The molecule has 2 atom stereocenters. The number of nitrogens with one attached hydrogen (secondary N) is 1. The van der Waals surface area contributed by atoms with E-state index in [0.717, 1.165) is 40.7 Å². The SMILES string of the molecule is CCC[C@H](N[S@@](=O)C(C)(C)C)c1cccc(-c2ccc3cnn(-c4ccnc(CO)n4)c3c2)n1. The van der Waals surface area contributed by atoms with Crippen LogP contribution in [0.2, 0.25) is 0 Å². The monoisotopic (exact) mass is 478 g/mol. The third-order valence-corrected chi connectivity index (χ3v) is 7.04. The Labute approximate surface area is 202 Å². The van der Waals surface area contributed by atoms with Gasteiger partial charge in [-0.05, 0) is 45.4 Å². The van der Waals surface area contributed by atoms with E-state index < -0.39 is 11.0 Å². The first-order valence-electron chi connectivity index (χ1n) is 11.4. The Balaban J connectivity index is 1.70. The lowest BCUT2D eigenvalue weighted by atomic mass is 10.1. The molecule has 0 aliphatic rings. The van der Waals surface area contributed by atoms with E-state index >= 15 is 0 Å². The molecule has 0 saturated heterocycles. The molecule has 0 radical (unpaired) electrons. The number of nitrogens with zero attached hydrogens (tertiary/aromatic N) is 5. The van der Waals surface area contributed by atoms with Crippen molar-refractivity contribution in [2.45, 2.75) is 57.9 Å². The molecule has 0 fully saturated rings. The average Bonchev–Trinajstić information content (AvgIpc) is 3.26. The number of benzene rings is 1. The number of aliphatic hydroxyl groups is 1. The second-order valence-electron chi connectivity index (χ2n) is 9.11. The van der Waals surface area contributed by atoms with Gasteiger partial charge < -0.3 is 5.11 Å². The molecule has 1 aromatic carbocycles. The van der Waals surface area contributed by atoms with Crippen molar-refractivity contribution in [3.8, 4) is 17.1 Å². The number of aliphatic hydroxyl groups excluding tert-OH is 1. The third-order valence-electron chi connectivity index (χ3n) is 5.43. The van der Waals surface area contributed by atoms with Gasteiger partial charge in [-0.1, -0.05) is 31.5 Å². The number of pyridine rings is 1. The average molecular weight is 479 g/mol. The van der Waals surface area contributed by atoms with Crippen molar-refractivity contribution in [1.82, 2.24) is 29.5 Å². The van der Waals surface area contributed by atoms with Crippen LogP contribution in [0.1, 0.15) is 58.1 Å². The number of fused-ring (bicyclic) bond motifs is 1. The van der Waals surface area contributed by atoms with Crippen LogP contribution in [-0.2, 0) is 17.6 Å². The van der Waals surface area contributed by atoms with E-state index in [-0.39, 0.29) is 17.4 Å². The van der Waals surface area contributed by atoms with E-state index in [9.17, 15) is 9.32 Å². The molecule has 34 heavy (non-hydrogen) atoms. The summed E-state index contributed by atoms with van der Waals surface area (Å²) in [5, 5.41) is 14.8. The van der Waals surface area contributed by atoms with Crippen LogP contribution >= 0.6 is 0 Å². The molecule has 8 nitrogen and oxygen atoms in total. The van der Waals surface area contributed by atoms with Crippen molar-refractivity contribution in [2.24, 2.45) is 0 Å². The highest BCUT2D eigenvalue weighted by molar-refractivity contribution is 7.84. The van der Waals surface area contributed by atoms with E-state index in [0.29, 0.717) is 11.6 Å². The predicted molar refractivity (Wildman–Crippen MR) is 134 cm³/mol. The fourth-order valence-electron chi connectivity index (χ4n) is 3.61. The standard InChI is InChI=1S/C25H30N6O2S/c1-5-7-21(30-34(33)25(2,3)4)20-9-6-8-19(28-20)17-10-11-18-15-27-31(22(18)14-17)24-12-13-26-23(16-32)29-24/h6,8-15,21,30,32H,5,7,16H2,1-4H3/t21-,34-/m0/s1. The highest BCUT2D eigenvalue weighted by Gasteiger charge is 2.24. The van der Waals surface area contributed by atoms with Crippen molar-refractivity contribution in [2.75, 3.05) is 0 Å². The lowest BCUT2D eigenvalue weighted by Gasteiger charge is -2.24. The van der Waals surface area contributed by atoms with Crippen molar-refractivity contribution in [1.29, 1.82) is 0 Å². The zero-order valence-corrected chi connectivity index (χ0v) is 20.7. The molecular formula is C25H30N6O2S. The summed E-state index contributed by atoms with van der Waals surface area (Å²) in [4.78, 5) is 13.4. The molecule has 0 amide bonds. The second-order valence-corrected chi connectivity index (χ2v) is 11.1. The molecule has 0 aliphatic heterocycles. The van der Waals surface area contributed by atoms with Crippen LogP contribution in [0.3, 0.4) is 0 Å². The predicted octanol–water partition coefficient (Wildman–Crippen LogP) is 4.26. The maximum atomic E-state index is 12.7. The smallest absolute Gasteiger partial charge is 0.157 e. The van der Waals surface area contributed by atoms with Gasteiger partial charge in [-0.2, -0.15) is 5.10 Å². The van der Waals surface area contributed by atoms with E-state index in [1.807, 2.05) is 57.2 Å². The minimum Gasteiger partial charge on any atom is -0.388 e. The molecule has 0 saturated carbocycles. The molecule has 4 aromatic rings. The maximum absolute atomic E-state index is 12.7. The summed E-state index contributed by atoms with van der Waals surface area (Å²) < 4.78 is 17.4. The van der Waals surface area contributed by atoms with Crippen molar-refractivity contribution in [3.63, 3.8) is 0 Å². The van der Waals surface area contributed by atoms with Crippen LogP contribution in [0.4, 0.5) is 0 Å². The summed E-state index contributed by atoms with van der Waals surface area (Å²) >= 11 is 0. The highest BCUT2D eigenvalue weighted by Crippen LogP contribution is 2.27. The zero-order chi connectivity index (χ0) is 24.3. The van der Waals surface area contributed by atoms with Crippen molar-refractivity contribution < 1.29 is 9.32 Å². The van der Waals surface area contributed by atoms with Crippen molar-refractivity contribution >= 4 is 21.9 Å². The Morgan fingerprint density at radius 3 is 2.71 bits per heavy atom. The molecule has 0 bridgehead atoms. The number of hydrogen-bond donors (Lipinski definition) is 2. The first kappa shape index (κ1) is 24.1. The Morgan fingerprint density at radius 1 is 1.15 bits per heavy atom. The van der Waals surface area contributed by atoms with Gasteiger partial charge in [0, 0.05) is 23.2 Å². The zero-order valence-electron chi connectivity index (χ0n) is 19.9. The Kier molecular flexibility index (Phi) is 7.16. The van der Waals surface area contributed by atoms with Gasteiger partial charge >= 0.3 is 0 Å². The fourth-order valence-corrected chi connectivity index (χ4v) is 4.46. The largest absolute Gasteiger partial charge is 0.388 e. The Morgan fingerprint density at radius 2 is 1.97 bits per heavy atom. The van der Waals surface area contributed by atoms with Crippen LogP contribution in [0, 0.1) is 0 Å². The molecule has 0 aliphatic carbocycles. The lowest BCUT2D eigenvalue weighted by Crippen LogP contribution is -2.36. The summed E-state index contributed by atoms with van der Waals surface area (Å²) in [6, 6.07) is 13.7. The van der Waals surface area contributed by atoms with Gasteiger partial charge in [0.25, 0.3) is 0 Å². The lowest BCUT2D eigenvalue weighted by molar-refractivity contribution is 0.271. The normalized spacial score (nSPS) is 13.8. The van der Waals surface area contributed by atoms with E-state index in [2.05, 4.69) is 26.7 Å². The molecule has 3 aromatic heterocycles. The van der Waals surface area contributed by atoms with Gasteiger partial charge in [0.1, 0.15) is 6.61 Å². The van der Waals surface area contributed by atoms with E-state index in [4.69, 9.17) is 4.98 Å². The van der Waals surface area contributed by atoms with Gasteiger partial charge in [-0.15, -0.1) is 0 Å². The van der Waals surface area contributed by atoms with Crippen LogP contribution in [0.15, 0.2) is 54.9 Å². The van der Waals surface area contributed by atoms with Crippen LogP contribution < -0.4 is 4.72 Å². The van der Waals surface area contributed by atoms with Gasteiger partial charge in [0.2, 0.25) is 0 Å². The van der Waals surface area contributed by atoms with Gasteiger partial charge in [-0.25, -0.2) is 23.6 Å². The Bertz CT molecular complexity index is 1310. The Hall–Kier alpha value is -3.01. The maximum Gasteiger partial charge on any atom is 0.157 e. The number of hydrogen-bond acceptors (Lipinski definition) is 6. The van der Waals surface area contributed by atoms with Crippen LogP contribution in [0.5, 0.6) is 0 Å². The summed E-state index contributed by atoms with van der Waals surface area (Å²) in [5.74, 6) is 0.929. The summed E-state index contributed by atoms with van der Waals surface area (Å²) in [5.41, 5.74) is 3.52. The minimum atomic E-state index is -1.19. The third kappa shape index (κ3) is 5.22. The number of aromatic nitrogens is 5. The summed E-state index contributed by atoms with van der Waals surface area (Å²) in [6.07, 6.45) is 5.18. The molecule has 0 unspecified atom stereocenters. The van der Waals surface area contributed by atoms with Gasteiger partial charge in [-0.3, -0.25) is 4.98 Å². The highest BCUT2D eigenvalue weighted by atomic mass is 32.2. The molecule has 178 valence electrons. The number of rotatable bonds is 8. The molecule has 0 spiro atoms. The van der Waals surface area contributed by atoms with E-state index in [1.165, 1.54) is 0 Å². The molecule has 4 rings (SSSR count). The van der Waals surface area contributed by atoms with Gasteiger partial charge in [0.05, 0.1) is 44.9 Å². The fraction of sp³-hybridized carbons (Fsp3) is 0.360.